The molecule has 0 aliphatic heterocycles. The highest BCUT2D eigenvalue weighted by molar-refractivity contribution is 5.95. The second-order valence-corrected chi connectivity index (χ2v) is 6.20. The van der Waals surface area contributed by atoms with Crippen molar-refractivity contribution in [1.82, 2.24) is 4.90 Å². The van der Waals surface area contributed by atoms with E-state index in [1.54, 1.807) is 14.2 Å². The third-order valence-corrected chi connectivity index (χ3v) is 4.37. The Morgan fingerprint density at radius 1 is 1.07 bits per heavy atom. The van der Waals surface area contributed by atoms with Crippen LogP contribution in [0.4, 0.5) is 5.69 Å². The van der Waals surface area contributed by atoms with E-state index in [2.05, 4.69) is 5.32 Å². The van der Waals surface area contributed by atoms with Crippen LogP contribution in [0, 0.1) is 0 Å². The molecule has 1 atom stereocenters. The second-order valence-electron chi connectivity index (χ2n) is 6.20. The lowest BCUT2D eigenvalue weighted by Gasteiger charge is -2.24. The Morgan fingerprint density at radius 2 is 1.78 bits per heavy atom. The van der Waals surface area contributed by atoms with Gasteiger partial charge in [0.1, 0.15) is 5.75 Å². The van der Waals surface area contributed by atoms with Gasteiger partial charge in [-0.3, -0.25) is 9.69 Å². The number of hydrogen-bond acceptors (Lipinski definition) is 5. The molecule has 0 saturated carbocycles. The van der Waals surface area contributed by atoms with Gasteiger partial charge in [-0.15, -0.1) is 0 Å². The fourth-order valence-corrected chi connectivity index (χ4v) is 2.70. The smallest absolute Gasteiger partial charge is 0.241 e. The maximum absolute atomic E-state index is 12.6. The van der Waals surface area contributed by atoms with E-state index >= 15 is 0 Å². The molecule has 0 bridgehead atoms. The Balaban J connectivity index is 2.04. The lowest BCUT2D eigenvalue weighted by Crippen LogP contribution is -2.39. The minimum absolute atomic E-state index is 0.0973. The van der Waals surface area contributed by atoms with Crippen LogP contribution in [-0.4, -0.2) is 44.7 Å². The highest BCUT2D eigenvalue weighted by Crippen LogP contribution is 2.29. The number of para-hydroxylation sites is 2. The summed E-state index contributed by atoms with van der Waals surface area (Å²) in [6, 6.07) is 12.8. The molecule has 2 rings (SSSR count). The number of carbonyl (C=O) groups is 1. The number of hydrogen-bond donors (Lipinski definition) is 1. The first-order valence-corrected chi connectivity index (χ1v) is 8.94. The van der Waals surface area contributed by atoms with Gasteiger partial charge in [-0.1, -0.05) is 18.2 Å². The molecule has 146 valence electrons. The average molecular weight is 372 g/mol. The quantitative estimate of drug-likeness (QED) is 0.729. The number of carbonyl (C=O) groups excluding carboxylic acids is 1. The van der Waals surface area contributed by atoms with Gasteiger partial charge in [0.25, 0.3) is 0 Å². The van der Waals surface area contributed by atoms with Crippen LogP contribution < -0.4 is 19.5 Å². The van der Waals surface area contributed by atoms with Crippen LogP contribution >= 0.6 is 0 Å². The summed E-state index contributed by atoms with van der Waals surface area (Å²) in [4.78, 5) is 14.6. The number of methoxy groups -OCH3 is 2. The third-order valence-electron chi connectivity index (χ3n) is 4.37. The lowest BCUT2D eigenvalue weighted by atomic mass is 10.1. The Labute approximate surface area is 161 Å². The number of ether oxygens (including phenoxy) is 3. The number of rotatable bonds is 9. The number of amides is 1. The first-order chi connectivity index (χ1) is 13.0. The van der Waals surface area contributed by atoms with Gasteiger partial charge >= 0.3 is 0 Å². The van der Waals surface area contributed by atoms with Crippen LogP contribution in [0.25, 0.3) is 0 Å². The van der Waals surface area contributed by atoms with E-state index in [1.807, 2.05) is 68.3 Å². The molecule has 6 nitrogen and oxygen atoms in total. The summed E-state index contributed by atoms with van der Waals surface area (Å²) >= 11 is 0. The number of anilines is 1. The summed E-state index contributed by atoms with van der Waals surface area (Å²) in [5.74, 6) is 1.94. The Morgan fingerprint density at radius 3 is 2.44 bits per heavy atom. The highest BCUT2D eigenvalue weighted by atomic mass is 16.5. The zero-order valence-corrected chi connectivity index (χ0v) is 16.6. The van der Waals surface area contributed by atoms with Crippen LogP contribution in [0.3, 0.4) is 0 Å². The van der Waals surface area contributed by atoms with Gasteiger partial charge in [0.15, 0.2) is 11.5 Å². The normalized spacial score (nSPS) is 11.8. The van der Waals surface area contributed by atoms with E-state index in [0.717, 1.165) is 5.56 Å². The zero-order valence-electron chi connectivity index (χ0n) is 16.6. The van der Waals surface area contributed by atoms with Crippen molar-refractivity contribution in [3.63, 3.8) is 0 Å². The van der Waals surface area contributed by atoms with Crippen LogP contribution in [0.15, 0.2) is 42.5 Å². The minimum atomic E-state index is -0.326. The van der Waals surface area contributed by atoms with E-state index in [-0.39, 0.29) is 11.9 Å². The van der Waals surface area contributed by atoms with E-state index in [4.69, 9.17) is 14.2 Å². The summed E-state index contributed by atoms with van der Waals surface area (Å²) in [6.07, 6.45) is 0. The fraction of sp³-hybridized carbons (Fsp3) is 0.381. The molecule has 6 heteroatoms. The van der Waals surface area contributed by atoms with E-state index in [0.29, 0.717) is 36.1 Å². The second kappa shape index (κ2) is 9.83. The van der Waals surface area contributed by atoms with Crippen LogP contribution in [0.1, 0.15) is 19.4 Å². The molecule has 0 saturated heterocycles. The first kappa shape index (κ1) is 20.6. The zero-order chi connectivity index (χ0) is 19.8. The van der Waals surface area contributed by atoms with Crippen LogP contribution in [0.2, 0.25) is 0 Å². The number of benzene rings is 2. The summed E-state index contributed by atoms with van der Waals surface area (Å²) in [7, 11) is 5.11. The van der Waals surface area contributed by atoms with E-state index < -0.39 is 0 Å². The van der Waals surface area contributed by atoms with Gasteiger partial charge in [-0.05, 0) is 50.7 Å². The molecule has 1 amide bonds. The maximum atomic E-state index is 12.6. The SMILES string of the molecule is CCOc1ccc(CN(C)[C@H](C)C(=O)Nc2ccccc2OC)cc1OC. The summed E-state index contributed by atoms with van der Waals surface area (Å²) in [5, 5.41) is 2.93. The topological polar surface area (TPSA) is 60.0 Å². The van der Waals surface area contributed by atoms with Crippen molar-refractivity contribution in [2.45, 2.75) is 26.4 Å². The molecule has 0 aromatic heterocycles. The van der Waals surface area contributed by atoms with Gasteiger partial charge in [-0.25, -0.2) is 0 Å². The molecule has 0 heterocycles. The molecule has 27 heavy (non-hydrogen) atoms. The summed E-state index contributed by atoms with van der Waals surface area (Å²) in [6.45, 7) is 4.98. The Kier molecular flexibility index (Phi) is 7.49. The fourth-order valence-electron chi connectivity index (χ4n) is 2.70. The molecule has 0 fully saturated rings. The van der Waals surface area contributed by atoms with Crippen molar-refractivity contribution in [3.05, 3.63) is 48.0 Å². The molecule has 0 spiro atoms. The van der Waals surface area contributed by atoms with Crippen molar-refractivity contribution in [2.24, 2.45) is 0 Å². The molecule has 0 aliphatic rings. The molecule has 1 N–H and O–H groups in total. The van der Waals surface area contributed by atoms with E-state index in [1.165, 1.54) is 0 Å². The minimum Gasteiger partial charge on any atom is -0.495 e. The monoisotopic (exact) mass is 372 g/mol. The van der Waals surface area contributed by atoms with Crippen molar-refractivity contribution < 1.29 is 19.0 Å². The summed E-state index contributed by atoms with van der Waals surface area (Å²) in [5.41, 5.74) is 1.70. The predicted octanol–water partition coefficient (Wildman–Crippen LogP) is 3.56. The third kappa shape index (κ3) is 5.37. The Bertz CT molecular complexity index is 764. The van der Waals surface area contributed by atoms with Gasteiger partial charge in [-0.2, -0.15) is 0 Å². The van der Waals surface area contributed by atoms with Crippen molar-refractivity contribution in [1.29, 1.82) is 0 Å². The van der Waals surface area contributed by atoms with Gasteiger partial charge in [0, 0.05) is 6.54 Å². The first-order valence-electron chi connectivity index (χ1n) is 8.94. The highest BCUT2D eigenvalue weighted by Gasteiger charge is 2.20. The van der Waals surface area contributed by atoms with Crippen molar-refractivity contribution in [3.8, 4) is 17.2 Å². The van der Waals surface area contributed by atoms with Crippen molar-refractivity contribution >= 4 is 11.6 Å². The van der Waals surface area contributed by atoms with Gasteiger partial charge < -0.3 is 19.5 Å². The van der Waals surface area contributed by atoms with E-state index in [9.17, 15) is 4.79 Å². The molecular weight excluding hydrogens is 344 g/mol. The Hall–Kier alpha value is -2.73. The maximum Gasteiger partial charge on any atom is 0.241 e. The molecule has 0 aliphatic carbocycles. The van der Waals surface area contributed by atoms with Crippen LogP contribution in [0.5, 0.6) is 17.2 Å². The summed E-state index contributed by atoms with van der Waals surface area (Å²) < 4.78 is 16.2. The average Bonchev–Trinajstić information content (AvgIpc) is 2.68. The molecule has 0 unspecified atom stereocenters. The molecular formula is C21H28N2O4. The number of nitrogens with one attached hydrogen (secondary N) is 1. The van der Waals surface area contributed by atoms with Gasteiger partial charge in [0.05, 0.1) is 32.6 Å². The van der Waals surface area contributed by atoms with Crippen LogP contribution in [-0.2, 0) is 11.3 Å². The van der Waals surface area contributed by atoms with Gasteiger partial charge in [0.2, 0.25) is 5.91 Å². The standard InChI is InChI=1S/C21H28N2O4/c1-6-27-19-12-11-16(13-20(19)26-5)14-23(3)15(2)21(24)22-17-9-7-8-10-18(17)25-4/h7-13,15H,6,14H2,1-5H3,(H,22,24)/t15-/m1/s1. The predicted molar refractivity (Wildman–Crippen MR) is 107 cm³/mol. The molecule has 2 aromatic rings. The van der Waals surface area contributed by atoms with Crippen molar-refractivity contribution in [2.75, 3.05) is 33.2 Å². The lowest BCUT2D eigenvalue weighted by molar-refractivity contribution is -0.120. The number of likely N-dealkylation sites (N-methyl/N-ethyl adjacent to an activating group) is 1. The largest absolute Gasteiger partial charge is 0.495 e. The number of nitrogens with zero attached hydrogens (tertiary/aromatic N) is 1. The molecule has 2 aromatic carbocycles. The molecule has 0 radical (unpaired) electrons.